The Kier molecular flexibility index (Phi) is 3.55. The first-order valence-electron chi connectivity index (χ1n) is 5.32. The van der Waals surface area contributed by atoms with E-state index >= 15 is 0 Å². The lowest BCUT2D eigenvalue weighted by Gasteiger charge is -2.08. The van der Waals surface area contributed by atoms with Crippen LogP contribution in [0.3, 0.4) is 0 Å². The molecule has 0 radical (unpaired) electrons. The molecule has 0 N–H and O–H groups in total. The fourth-order valence-electron chi connectivity index (χ4n) is 1.39. The van der Waals surface area contributed by atoms with Gasteiger partial charge in [-0.2, -0.15) is 13.2 Å². The van der Waals surface area contributed by atoms with Crippen molar-refractivity contribution in [3.8, 4) is 11.5 Å². The van der Waals surface area contributed by atoms with E-state index in [1.807, 2.05) is 0 Å². The highest BCUT2D eigenvalue weighted by molar-refractivity contribution is 5.34. The highest BCUT2D eigenvalue weighted by Crippen LogP contribution is 2.31. The molecule has 0 atom stereocenters. The van der Waals surface area contributed by atoms with Crippen LogP contribution in [0.5, 0.6) is 11.5 Å². The van der Waals surface area contributed by atoms with Gasteiger partial charge in [-0.05, 0) is 40.2 Å². The summed E-state index contributed by atoms with van der Waals surface area (Å²) in [7, 11) is 0. The first-order chi connectivity index (χ1) is 9.36. The summed E-state index contributed by atoms with van der Waals surface area (Å²) in [5.41, 5.74) is -0.785. The van der Waals surface area contributed by atoms with Crippen molar-refractivity contribution in [1.29, 1.82) is 0 Å². The van der Waals surface area contributed by atoms with Crippen molar-refractivity contribution < 1.29 is 22.8 Å². The minimum atomic E-state index is -4.41. The fraction of sp³-hybridized carbons (Fsp3) is 0.0833. The van der Waals surface area contributed by atoms with E-state index in [2.05, 4.69) is 4.98 Å². The molecule has 0 aliphatic carbocycles. The van der Waals surface area contributed by atoms with Crippen LogP contribution < -0.4 is 4.74 Å². The zero-order valence-electron chi connectivity index (χ0n) is 9.79. The van der Waals surface area contributed by atoms with Crippen LogP contribution in [-0.2, 0) is 6.18 Å². The standard InChI is InChI=1S/C12H7F3N2O3/c13-12(14,15)8-1-3-9(4-2-8)20-10-5-6-11(16-7-10)17(18)19/h1-7H. The third-order valence-corrected chi connectivity index (χ3v) is 2.33. The predicted molar refractivity (Wildman–Crippen MR) is 62.4 cm³/mol. The van der Waals surface area contributed by atoms with E-state index in [-0.39, 0.29) is 17.3 Å². The van der Waals surface area contributed by atoms with E-state index < -0.39 is 16.7 Å². The van der Waals surface area contributed by atoms with Gasteiger partial charge in [0.1, 0.15) is 5.75 Å². The summed E-state index contributed by atoms with van der Waals surface area (Å²) in [6.07, 6.45) is -3.29. The maximum absolute atomic E-state index is 12.4. The average molecular weight is 284 g/mol. The maximum atomic E-state index is 12.4. The summed E-state index contributed by atoms with van der Waals surface area (Å²) in [5.74, 6) is 0.0220. The molecule has 0 aliphatic rings. The number of ether oxygens (including phenoxy) is 1. The first-order valence-corrected chi connectivity index (χ1v) is 5.32. The lowest BCUT2D eigenvalue weighted by molar-refractivity contribution is -0.389. The largest absolute Gasteiger partial charge is 0.453 e. The number of hydrogen-bond acceptors (Lipinski definition) is 4. The van der Waals surface area contributed by atoms with E-state index in [4.69, 9.17) is 4.74 Å². The van der Waals surface area contributed by atoms with Crippen LogP contribution in [0.1, 0.15) is 5.56 Å². The van der Waals surface area contributed by atoms with Gasteiger partial charge < -0.3 is 14.9 Å². The molecule has 0 fully saturated rings. The molecule has 20 heavy (non-hydrogen) atoms. The first kappa shape index (κ1) is 13.8. The Hall–Kier alpha value is -2.64. The minimum absolute atomic E-state index is 0.175. The van der Waals surface area contributed by atoms with Crippen LogP contribution in [-0.4, -0.2) is 9.91 Å². The lowest BCUT2D eigenvalue weighted by Crippen LogP contribution is -2.04. The fourth-order valence-corrected chi connectivity index (χ4v) is 1.39. The number of aromatic nitrogens is 1. The Morgan fingerprint density at radius 2 is 1.65 bits per heavy atom. The van der Waals surface area contributed by atoms with E-state index in [9.17, 15) is 23.3 Å². The second-order valence-electron chi connectivity index (χ2n) is 3.73. The summed E-state index contributed by atoms with van der Waals surface area (Å²) in [4.78, 5) is 13.3. The van der Waals surface area contributed by atoms with Crippen molar-refractivity contribution in [1.82, 2.24) is 4.98 Å². The van der Waals surface area contributed by atoms with Crippen LogP contribution >= 0.6 is 0 Å². The summed E-state index contributed by atoms with van der Waals surface area (Å²) in [6.45, 7) is 0. The molecule has 0 aliphatic heterocycles. The van der Waals surface area contributed by atoms with Crippen molar-refractivity contribution in [3.63, 3.8) is 0 Å². The minimum Gasteiger partial charge on any atom is -0.453 e. The number of hydrogen-bond donors (Lipinski definition) is 0. The molecule has 0 saturated carbocycles. The highest BCUT2D eigenvalue weighted by Gasteiger charge is 2.30. The third kappa shape index (κ3) is 3.22. The monoisotopic (exact) mass is 284 g/mol. The van der Waals surface area contributed by atoms with Gasteiger partial charge in [0.25, 0.3) is 0 Å². The molecular weight excluding hydrogens is 277 g/mol. The smallest absolute Gasteiger partial charge is 0.416 e. The zero-order chi connectivity index (χ0) is 14.8. The quantitative estimate of drug-likeness (QED) is 0.635. The van der Waals surface area contributed by atoms with Crippen LogP contribution in [0, 0.1) is 10.1 Å². The van der Waals surface area contributed by atoms with Crippen LogP contribution in [0.25, 0.3) is 0 Å². The van der Waals surface area contributed by atoms with Gasteiger partial charge in [0, 0.05) is 6.07 Å². The van der Waals surface area contributed by atoms with Crippen LogP contribution in [0.15, 0.2) is 42.6 Å². The molecule has 0 spiro atoms. The van der Waals surface area contributed by atoms with Gasteiger partial charge in [-0.15, -0.1) is 0 Å². The molecule has 5 nitrogen and oxygen atoms in total. The van der Waals surface area contributed by atoms with Gasteiger partial charge in [0.15, 0.2) is 11.9 Å². The van der Waals surface area contributed by atoms with Gasteiger partial charge >= 0.3 is 12.0 Å². The van der Waals surface area contributed by atoms with Gasteiger partial charge in [0.2, 0.25) is 0 Å². The number of alkyl halides is 3. The molecule has 1 aromatic carbocycles. The van der Waals surface area contributed by atoms with Gasteiger partial charge in [0.05, 0.1) is 5.56 Å². The molecule has 0 bridgehead atoms. The second kappa shape index (κ2) is 5.16. The van der Waals surface area contributed by atoms with Crippen molar-refractivity contribution >= 4 is 5.82 Å². The number of benzene rings is 1. The number of nitro groups is 1. The van der Waals surface area contributed by atoms with Gasteiger partial charge in [-0.1, -0.05) is 0 Å². The van der Waals surface area contributed by atoms with Crippen LogP contribution in [0.4, 0.5) is 19.0 Å². The predicted octanol–water partition coefficient (Wildman–Crippen LogP) is 3.80. The molecular formula is C12H7F3N2O3. The molecule has 2 aromatic rings. The Labute approximate surface area is 110 Å². The number of pyridine rings is 1. The molecule has 0 saturated heterocycles. The van der Waals surface area contributed by atoms with Crippen molar-refractivity contribution in [2.45, 2.75) is 6.18 Å². The lowest BCUT2D eigenvalue weighted by atomic mass is 10.2. The Bertz CT molecular complexity index is 609. The van der Waals surface area contributed by atoms with E-state index in [1.165, 1.54) is 6.07 Å². The Morgan fingerprint density at radius 3 is 2.10 bits per heavy atom. The van der Waals surface area contributed by atoms with E-state index in [0.29, 0.717) is 0 Å². The summed E-state index contributed by atoms with van der Waals surface area (Å²) >= 11 is 0. The molecule has 1 aromatic heterocycles. The number of halogens is 3. The molecule has 1 heterocycles. The Morgan fingerprint density at radius 1 is 1.05 bits per heavy atom. The van der Waals surface area contributed by atoms with E-state index in [0.717, 1.165) is 36.5 Å². The zero-order valence-corrected chi connectivity index (χ0v) is 9.79. The average Bonchev–Trinajstić information content (AvgIpc) is 2.39. The molecule has 2 rings (SSSR count). The molecule has 0 amide bonds. The summed E-state index contributed by atoms with van der Waals surface area (Å²) in [5, 5.41) is 10.4. The number of nitrogens with zero attached hydrogens (tertiary/aromatic N) is 2. The highest BCUT2D eigenvalue weighted by atomic mass is 19.4. The molecule has 8 heteroatoms. The second-order valence-corrected chi connectivity index (χ2v) is 3.73. The van der Waals surface area contributed by atoms with Crippen molar-refractivity contribution in [3.05, 3.63) is 58.3 Å². The van der Waals surface area contributed by atoms with Gasteiger partial charge in [-0.25, -0.2) is 0 Å². The molecule has 0 unspecified atom stereocenters. The third-order valence-electron chi connectivity index (χ3n) is 2.33. The Balaban J connectivity index is 2.12. The maximum Gasteiger partial charge on any atom is 0.416 e. The molecule has 104 valence electrons. The SMILES string of the molecule is O=[N+]([O-])c1ccc(Oc2ccc(C(F)(F)F)cc2)cn1. The number of rotatable bonds is 3. The summed E-state index contributed by atoms with van der Waals surface area (Å²) in [6, 6.07) is 6.53. The van der Waals surface area contributed by atoms with Crippen molar-refractivity contribution in [2.75, 3.05) is 0 Å². The normalized spacial score (nSPS) is 11.2. The van der Waals surface area contributed by atoms with Gasteiger partial charge in [-0.3, -0.25) is 0 Å². The topological polar surface area (TPSA) is 65.3 Å². The van der Waals surface area contributed by atoms with E-state index in [1.54, 1.807) is 0 Å². The van der Waals surface area contributed by atoms with Crippen molar-refractivity contribution in [2.24, 2.45) is 0 Å². The van der Waals surface area contributed by atoms with Crippen LogP contribution in [0.2, 0.25) is 0 Å². The summed E-state index contributed by atoms with van der Waals surface area (Å²) < 4.78 is 42.3.